The predicted octanol–water partition coefficient (Wildman–Crippen LogP) is 2.79. The summed E-state index contributed by atoms with van der Waals surface area (Å²) < 4.78 is 0. The molecule has 0 atom stereocenters. The van der Waals surface area contributed by atoms with Crippen molar-refractivity contribution in [3.63, 3.8) is 0 Å². The molecule has 17 heavy (non-hydrogen) atoms. The van der Waals surface area contributed by atoms with Crippen LogP contribution in [0.1, 0.15) is 23.6 Å². The first-order valence-electron chi connectivity index (χ1n) is 5.98. The molecule has 2 aromatic rings. The fraction of sp³-hybridized carbons (Fsp3) is 0.286. The van der Waals surface area contributed by atoms with E-state index in [2.05, 4.69) is 53.6 Å². The van der Waals surface area contributed by atoms with Gasteiger partial charge in [0.1, 0.15) is 5.82 Å². The summed E-state index contributed by atoms with van der Waals surface area (Å²) >= 11 is 0. The van der Waals surface area contributed by atoms with Gasteiger partial charge in [0.2, 0.25) is 0 Å². The fourth-order valence-electron chi connectivity index (χ4n) is 2.33. The van der Waals surface area contributed by atoms with Crippen molar-refractivity contribution in [1.29, 1.82) is 0 Å². The molecule has 0 aliphatic heterocycles. The molecule has 86 valence electrons. The average molecular weight is 225 g/mol. The van der Waals surface area contributed by atoms with Gasteiger partial charge in [-0.2, -0.15) is 0 Å². The van der Waals surface area contributed by atoms with Gasteiger partial charge in [-0.3, -0.25) is 0 Å². The highest BCUT2D eigenvalue weighted by molar-refractivity contribution is 5.74. The van der Waals surface area contributed by atoms with Crippen LogP contribution in [0.4, 0.5) is 5.82 Å². The van der Waals surface area contributed by atoms with Gasteiger partial charge in [-0.1, -0.05) is 17.7 Å². The molecule has 0 bridgehead atoms. The average Bonchev–Trinajstić information content (AvgIpc) is 2.66. The van der Waals surface area contributed by atoms with Crippen LogP contribution in [0.5, 0.6) is 0 Å². The maximum Gasteiger partial charge on any atom is 0.148 e. The van der Waals surface area contributed by atoms with Gasteiger partial charge in [0.15, 0.2) is 0 Å². The van der Waals surface area contributed by atoms with Crippen LogP contribution < -0.4 is 5.32 Å². The van der Waals surface area contributed by atoms with E-state index in [1.807, 2.05) is 0 Å². The molecule has 0 saturated carbocycles. The number of fused-ring (bicyclic) bond motifs is 3. The third-order valence-corrected chi connectivity index (χ3v) is 3.13. The molecule has 1 aromatic heterocycles. The Morgan fingerprint density at radius 3 is 2.88 bits per heavy atom. The minimum atomic E-state index is 0.871. The van der Waals surface area contributed by atoms with Crippen molar-refractivity contribution >= 4 is 5.82 Å². The van der Waals surface area contributed by atoms with E-state index in [0.717, 1.165) is 24.5 Å². The topological polar surface area (TPSA) is 37.8 Å². The quantitative estimate of drug-likeness (QED) is 0.728. The molecule has 1 heterocycles. The molecule has 3 rings (SSSR count). The highest BCUT2D eigenvalue weighted by Gasteiger charge is 2.20. The van der Waals surface area contributed by atoms with E-state index in [9.17, 15) is 0 Å². The van der Waals surface area contributed by atoms with Crippen molar-refractivity contribution in [2.45, 2.75) is 20.3 Å². The molecule has 1 aliphatic rings. The van der Waals surface area contributed by atoms with Gasteiger partial charge in [0, 0.05) is 18.5 Å². The molecule has 1 aromatic carbocycles. The van der Waals surface area contributed by atoms with Gasteiger partial charge in [-0.25, -0.2) is 0 Å². The summed E-state index contributed by atoms with van der Waals surface area (Å²) in [4.78, 5) is 0. The zero-order valence-corrected chi connectivity index (χ0v) is 10.1. The minimum Gasteiger partial charge on any atom is -0.369 e. The van der Waals surface area contributed by atoms with Crippen LogP contribution in [0.2, 0.25) is 0 Å². The van der Waals surface area contributed by atoms with Crippen molar-refractivity contribution in [2.24, 2.45) is 0 Å². The monoisotopic (exact) mass is 225 g/mol. The molecule has 3 nitrogen and oxygen atoms in total. The smallest absolute Gasteiger partial charge is 0.148 e. The third-order valence-electron chi connectivity index (χ3n) is 3.13. The Morgan fingerprint density at radius 2 is 2.06 bits per heavy atom. The molecule has 1 N–H and O–H groups in total. The van der Waals surface area contributed by atoms with E-state index in [1.165, 1.54) is 22.3 Å². The molecule has 0 radical (unpaired) electrons. The second kappa shape index (κ2) is 3.84. The Labute approximate surface area is 101 Å². The maximum absolute atomic E-state index is 4.35. The van der Waals surface area contributed by atoms with E-state index in [4.69, 9.17) is 0 Å². The second-order valence-electron chi connectivity index (χ2n) is 4.47. The molecule has 0 amide bonds. The summed E-state index contributed by atoms with van der Waals surface area (Å²) in [5.74, 6) is 0.871. The number of nitrogens with one attached hydrogen (secondary N) is 1. The van der Waals surface area contributed by atoms with Gasteiger partial charge in [-0.15, -0.1) is 10.2 Å². The number of anilines is 1. The van der Waals surface area contributed by atoms with Gasteiger partial charge in [-0.05, 0) is 37.1 Å². The van der Waals surface area contributed by atoms with Crippen molar-refractivity contribution in [3.05, 3.63) is 41.0 Å². The van der Waals surface area contributed by atoms with Gasteiger partial charge < -0.3 is 5.32 Å². The Kier molecular flexibility index (Phi) is 2.32. The number of aromatic nitrogens is 2. The van der Waals surface area contributed by atoms with Crippen LogP contribution >= 0.6 is 0 Å². The highest BCUT2D eigenvalue weighted by Crippen LogP contribution is 2.35. The van der Waals surface area contributed by atoms with Crippen LogP contribution in [0, 0.1) is 6.92 Å². The van der Waals surface area contributed by atoms with E-state index >= 15 is 0 Å². The zero-order chi connectivity index (χ0) is 11.8. The van der Waals surface area contributed by atoms with Gasteiger partial charge in [0.05, 0.1) is 5.69 Å². The fourth-order valence-corrected chi connectivity index (χ4v) is 2.33. The Morgan fingerprint density at radius 1 is 1.18 bits per heavy atom. The molecule has 0 fully saturated rings. The van der Waals surface area contributed by atoms with Crippen molar-refractivity contribution in [2.75, 3.05) is 11.9 Å². The van der Waals surface area contributed by atoms with E-state index in [1.54, 1.807) is 0 Å². The second-order valence-corrected chi connectivity index (χ2v) is 4.47. The van der Waals surface area contributed by atoms with Crippen LogP contribution in [-0.4, -0.2) is 16.7 Å². The van der Waals surface area contributed by atoms with E-state index < -0.39 is 0 Å². The number of hydrogen-bond donors (Lipinski definition) is 1. The van der Waals surface area contributed by atoms with E-state index in [0.29, 0.717) is 0 Å². The van der Waals surface area contributed by atoms with Crippen molar-refractivity contribution in [3.8, 4) is 11.3 Å². The van der Waals surface area contributed by atoms with Gasteiger partial charge >= 0.3 is 0 Å². The lowest BCUT2D eigenvalue weighted by Gasteiger charge is -2.03. The molecule has 1 aliphatic carbocycles. The number of aryl methyl sites for hydroxylation is 1. The highest BCUT2D eigenvalue weighted by atomic mass is 15.2. The number of nitrogens with zero attached hydrogens (tertiary/aromatic N) is 2. The molecule has 3 heteroatoms. The van der Waals surface area contributed by atoms with E-state index in [-0.39, 0.29) is 0 Å². The SMILES string of the molecule is CCNc1cc2c(nn1)-c1cc(C)ccc1C2. The van der Waals surface area contributed by atoms with Crippen LogP contribution in [0.25, 0.3) is 11.3 Å². The first-order chi connectivity index (χ1) is 8.28. The minimum absolute atomic E-state index is 0.871. The Bertz CT molecular complexity index is 576. The standard InChI is InChI=1S/C14H15N3/c1-3-15-13-8-11-7-10-5-4-9(2)6-12(10)14(11)17-16-13/h4-6,8H,3,7H2,1-2H3,(H,15,16). The van der Waals surface area contributed by atoms with Crippen molar-refractivity contribution < 1.29 is 0 Å². The Hall–Kier alpha value is -1.90. The molecule has 0 saturated heterocycles. The molecular formula is C14H15N3. The van der Waals surface area contributed by atoms with Crippen LogP contribution in [0.3, 0.4) is 0 Å². The Balaban J connectivity index is 2.08. The number of hydrogen-bond acceptors (Lipinski definition) is 3. The molecule has 0 unspecified atom stereocenters. The van der Waals surface area contributed by atoms with Crippen molar-refractivity contribution in [1.82, 2.24) is 10.2 Å². The lowest BCUT2D eigenvalue weighted by atomic mass is 10.1. The predicted molar refractivity (Wildman–Crippen MR) is 69.2 cm³/mol. The summed E-state index contributed by atoms with van der Waals surface area (Å²) in [5, 5.41) is 11.8. The summed E-state index contributed by atoms with van der Waals surface area (Å²) in [6, 6.07) is 8.66. The summed E-state index contributed by atoms with van der Waals surface area (Å²) in [7, 11) is 0. The summed E-state index contributed by atoms with van der Waals surface area (Å²) in [6.45, 7) is 5.05. The van der Waals surface area contributed by atoms with Gasteiger partial charge in [0.25, 0.3) is 0 Å². The number of benzene rings is 1. The first kappa shape index (κ1) is 10.3. The molecular weight excluding hydrogens is 210 g/mol. The lowest BCUT2D eigenvalue weighted by Crippen LogP contribution is -2.01. The van der Waals surface area contributed by atoms with Crippen LogP contribution in [-0.2, 0) is 6.42 Å². The first-order valence-corrected chi connectivity index (χ1v) is 5.98. The summed E-state index contributed by atoms with van der Waals surface area (Å²) in [6.07, 6.45) is 0.971. The zero-order valence-electron chi connectivity index (χ0n) is 10.1. The number of rotatable bonds is 2. The lowest BCUT2D eigenvalue weighted by molar-refractivity contribution is 1.01. The normalized spacial score (nSPS) is 12.1. The summed E-state index contributed by atoms with van der Waals surface area (Å²) in [5.41, 5.74) is 6.19. The largest absolute Gasteiger partial charge is 0.369 e. The third kappa shape index (κ3) is 1.68. The maximum atomic E-state index is 4.35. The van der Waals surface area contributed by atoms with Crippen LogP contribution in [0.15, 0.2) is 24.3 Å². The molecule has 0 spiro atoms.